The van der Waals surface area contributed by atoms with Gasteiger partial charge in [-0.2, -0.15) is 0 Å². The third kappa shape index (κ3) is 6.52. The molecule has 0 radical (unpaired) electrons. The number of benzene rings is 2. The first-order chi connectivity index (χ1) is 13.8. The highest BCUT2D eigenvalue weighted by atomic mass is 16.5. The molecule has 0 heterocycles. The number of rotatable bonds is 9. The Morgan fingerprint density at radius 1 is 0.931 bits per heavy atom. The van der Waals surface area contributed by atoms with Crippen molar-refractivity contribution in [3.05, 3.63) is 53.1 Å². The average Bonchev–Trinajstić information content (AvgIpc) is 2.70. The fourth-order valence-electron chi connectivity index (χ4n) is 3.01. The highest BCUT2D eigenvalue weighted by Crippen LogP contribution is 2.27. The molecule has 6 nitrogen and oxygen atoms in total. The Kier molecular flexibility index (Phi) is 8.07. The van der Waals surface area contributed by atoms with Crippen LogP contribution < -0.4 is 14.8 Å². The van der Waals surface area contributed by atoms with Gasteiger partial charge in [-0.15, -0.1) is 0 Å². The van der Waals surface area contributed by atoms with E-state index in [1.165, 1.54) is 12.5 Å². The molecular weight excluding hydrogens is 368 g/mol. The van der Waals surface area contributed by atoms with Gasteiger partial charge in [0, 0.05) is 32.1 Å². The van der Waals surface area contributed by atoms with Gasteiger partial charge in [0.2, 0.25) is 11.8 Å². The zero-order chi connectivity index (χ0) is 21.4. The molecule has 6 heteroatoms. The SMILES string of the molecule is COc1ccc(CCN(CCC(=O)Nc2ccc(C)c(C)c2)C(C)=O)cc1OC. The lowest BCUT2D eigenvalue weighted by molar-refractivity contribution is -0.129. The fraction of sp³-hybridized carbons (Fsp3) is 0.391. The summed E-state index contributed by atoms with van der Waals surface area (Å²) in [5.74, 6) is 1.17. The van der Waals surface area contributed by atoms with Gasteiger partial charge >= 0.3 is 0 Å². The van der Waals surface area contributed by atoms with Crippen LogP contribution in [-0.2, 0) is 16.0 Å². The highest BCUT2D eigenvalue weighted by Gasteiger charge is 2.13. The first kappa shape index (κ1) is 22.3. The fourth-order valence-corrected chi connectivity index (χ4v) is 3.01. The molecule has 2 rings (SSSR count). The normalized spacial score (nSPS) is 10.4. The molecule has 0 spiro atoms. The molecule has 0 aliphatic carbocycles. The number of ether oxygens (including phenoxy) is 2. The number of carbonyl (C=O) groups is 2. The van der Waals surface area contributed by atoms with Crippen molar-refractivity contribution in [2.75, 3.05) is 32.6 Å². The minimum Gasteiger partial charge on any atom is -0.493 e. The van der Waals surface area contributed by atoms with Crippen molar-refractivity contribution in [3.8, 4) is 11.5 Å². The van der Waals surface area contributed by atoms with Crippen LogP contribution in [0.4, 0.5) is 5.69 Å². The molecule has 0 fully saturated rings. The van der Waals surface area contributed by atoms with Crippen molar-refractivity contribution in [1.82, 2.24) is 4.90 Å². The first-order valence-corrected chi connectivity index (χ1v) is 9.67. The molecule has 0 aromatic heterocycles. The topological polar surface area (TPSA) is 67.9 Å². The van der Waals surface area contributed by atoms with E-state index < -0.39 is 0 Å². The van der Waals surface area contributed by atoms with Gasteiger partial charge in [-0.05, 0) is 61.2 Å². The van der Waals surface area contributed by atoms with Gasteiger partial charge in [-0.1, -0.05) is 12.1 Å². The average molecular weight is 399 g/mol. The van der Waals surface area contributed by atoms with Crippen molar-refractivity contribution in [1.29, 1.82) is 0 Å². The van der Waals surface area contributed by atoms with E-state index in [2.05, 4.69) is 5.32 Å². The van der Waals surface area contributed by atoms with Crippen LogP contribution >= 0.6 is 0 Å². The van der Waals surface area contributed by atoms with Crippen molar-refractivity contribution in [2.24, 2.45) is 0 Å². The Bertz CT molecular complexity index is 864. The Morgan fingerprint density at radius 3 is 2.28 bits per heavy atom. The lowest BCUT2D eigenvalue weighted by atomic mass is 10.1. The summed E-state index contributed by atoms with van der Waals surface area (Å²) in [5, 5.41) is 2.90. The van der Waals surface area contributed by atoms with Gasteiger partial charge in [-0.25, -0.2) is 0 Å². The number of anilines is 1. The minimum atomic E-state index is -0.106. The number of nitrogens with zero attached hydrogens (tertiary/aromatic N) is 1. The van der Waals surface area contributed by atoms with Gasteiger partial charge in [-0.3, -0.25) is 9.59 Å². The van der Waals surface area contributed by atoms with Crippen LogP contribution in [0.3, 0.4) is 0 Å². The van der Waals surface area contributed by atoms with Crippen LogP contribution in [0.5, 0.6) is 11.5 Å². The molecular formula is C23H30N2O4. The number of amides is 2. The monoisotopic (exact) mass is 398 g/mol. The van der Waals surface area contributed by atoms with E-state index in [4.69, 9.17) is 9.47 Å². The van der Waals surface area contributed by atoms with E-state index in [-0.39, 0.29) is 18.2 Å². The molecule has 0 aliphatic heterocycles. The van der Waals surface area contributed by atoms with E-state index in [1.54, 1.807) is 19.1 Å². The Morgan fingerprint density at radius 2 is 1.66 bits per heavy atom. The van der Waals surface area contributed by atoms with Crippen molar-refractivity contribution >= 4 is 17.5 Å². The number of hydrogen-bond donors (Lipinski definition) is 1. The van der Waals surface area contributed by atoms with Gasteiger partial charge in [0.1, 0.15) is 0 Å². The quantitative estimate of drug-likeness (QED) is 0.699. The van der Waals surface area contributed by atoms with E-state index >= 15 is 0 Å². The standard InChI is InChI=1S/C23H30N2O4/c1-16-6-8-20(14-17(16)2)24-23(27)11-13-25(18(3)26)12-10-19-7-9-21(28-4)22(15-19)29-5/h6-9,14-15H,10-13H2,1-5H3,(H,24,27). The largest absolute Gasteiger partial charge is 0.493 e. The maximum absolute atomic E-state index is 12.3. The van der Waals surface area contributed by atoms with E-state index in [0.717, 1.165) is 16.8 Å². The van der Waals surface area contributed by atoms with Gasteiger partial charge in [0.25, 0.3) is 0 Å². The molecule has 0 unspecified atom stereocenters. The summed E-state index contributed by atoms with van der Waals surface area (Å²) in [5.41, 5.74) is 4.12. The molecule has 0 bridgehead atoms. The lowest BCUT2D eigenvalue weighted by Gasteiger charge is -2.21. The summed E-state index contributed by atoms with van der Waals surface area (Å²) in [6.45, 7) is 6.47. The van der Waals surface area contributed by atoms with Crippen LogP contribution in [-0.4, -0.2) is 44.0 Å². The van der Waals surface area contributed by atoms with Gasteiger partial charge in [0.15, 0.2) is 11.5 Å². The second-order valence-electron chi connectivity index (χ2n) is 7.04. The number of nitrogens with one attached hydrogen (secondary N) is 1. The Labute approximate surface area is 172 Å². The second kappa shape index (κ2) is 10.5. The van der Waals surface area contributed by atoms with Gasteiger partial charge in [0.05, 0.1) is 14.2 Å². The molecule has 2 aromatic carbocycles. The number of aryl methyl sites for hydroxylation is 2. The maximum atomic E-state index is 12.3. The molecule has 2 aromatic rings. The van der Waals surface area contributed by atoms with Crippen LogP contribution in [0.15, 0.2) is 36.4 Å². The molecule has 0 saturated heterocycles. The predicted octanol–water partition coefficient (Wildman–Crippen LogP) is 3.74. The first-order valence-electron chi connectivity index (χ1n) is 9.67. The summed E-state index contributed by atoms with van der Waals surface area (Å²) in [4.78, 5) is 26.0. The molecule has 0 atom stereocenters. The van der Waals surface area contributed by atoms with Crippen molar-refractivity contribution < 1.29 is 19.1 Å². The third-order valence-electron chi connectivity index (χ3n) is 4.96. The highest BCUT2D eigenvalue weighted by molar-refractivity contribution is 5.91. The lowest BCUT2D eigenvalue weighted by Crippen LogP contribution is -2.33. The molecule has 1 N–H and O–H groups in total. The molecule has 29 heavy (non-hydrogen) atoms. The Hall–Kier alpha value is -3.02. The molecule has 2 amide bonds. The second-order valence-corrected chi connectivity index (χ2v) is 7.04. The molecule has 0 aliphatic rings. The predicted molar refractivity (Wildman–Crippen MR) is 115 cm³/mol. The zero-order valence-electron chi connectivity index (χ0n) is 17.9. The summed E-state index contributed by atoms with van der Waals surface area (Å²) in [6.07, 6.45) is 0.914. The van der Waals surface area contributed by atoms with Crippen LogP contribution in [0.2, 0.25) is 0 Å². The number of hydrogen-bond acceptors (Lipinski definition) is 4. The van der Waals surface area contributed by atoms with E-state index in [1.807, 2.05) is 50.2 Å². The van der Waals surface area contributed by atoms with E-state index in [0.29, 0.717) is 31.0 Å². The van der Waals surface area contributed by atoms with Crippen LogP contribution in [0.1, 0.15) is 30.0 Å². The third-order valence-corrected chi connectivity index (χ3v) is 4.96. The maximum Gasteiger partial charge on any atom is 0.226 e. The van der Waals surface area contributed by atoms with Crippen LogP contribution in [0.25, 0.3) is 0 Å². The van der Waals surface area contributed by atoms with Crippen molar-refractivity contribution in [2.45, 2.75) is 33.6 Å². The summed E-state index contributed by atoms with van der Waals surface area (Å²) in [6, 6.07) is 11.5. The van der Waals surface area contributed by atoms with Crippen molar-refractivity contribution in [3.63, 3.8) is 0 Å². The van der Waals surface area contributed by atoms with E-state index in [9.17, 15) is 9.59 Å². The molecule has 0 saturated carbocycles. The number of carbonyl (C=O) groups excluding carboxylic acids is 2. The summed E-state index contributed by atoms with van der Waals surface area (Å²) < 4.78 is 10.6. The van der Waals surface area contributed by atoms with Gasteiger partial charge < -0.3 is 19.7 Å². The smallest absolute Gasteiger partial charge is 0.226 e. The number of methoxy groups -OCH3 is 2. The summed E-state index contributed by atoms with van der Waals surface area (Å²) in [7, 11) is 3.19. The molecule has 156 valence electrons. The minimum absolute atomic E-state index is 0.0514. The summed E-state index contributed by atoms with van der Waals surface area (Å²) >= 11 is 0. The Balaban J connectivity index is 1.90. The zero-order valence-corrected chi connectivity index (χ0v) is 17.9. The van der Waals surface area contributed by atoms with Crippen LogP contribution in [0, 0.1) is 13.8 Å².